The topological polar surface area (TPSA) is 58.9 Å². The van der Waals surface area contributed by atoms with Gasteiger partial charge in [-0.25, -0.2) is 4.98 Å². The fourth-order valence-corrected chi connectivity index (χ4v) is 4.58. The molecule has 2 aromatic heterocycles. The summed E-state index contributed by atoms with van der Waals surface area (Å²) in [6.45, 7) is 10.5. The number of aryl methyl sites for hydroxylation is 1. The molecule has 0 spiro atoms. The Morgan fingerprint density at radius 3 is 2.76 bits per heavy atom. The maximum atomic E-state index is 4.33. The highest BCUT2D eigenvalue weighted by Crippen LogP contribution is 2.28. The highest BCUT2D eigenvalue weighted by atomic mass is 32.1. The number of nitrogens with one attached hydrogen (secondary N) is 1. The smallest absolute Gasteiger partial charge is 0.147 e. The normalized spacial score (nSPS) is 15.4. The second-order valence-electron chi connectivity index (χ2n) is 8.25. The first-order valence-electron chi connectivity index (χ1n) is 10.5. The van der Waals surface area contributed by atoms with Crippen LogP contribution in [-0.2, 0) is 13.1 Å². The summed E-state index contributed by atoms with van der Waals surface area (Å²) in [5.74, 6) is 0.631. The van der Waals surface area contributed by atoms with Crippen LogP contribution in [-0.4, -0.2) is 38.9 Å². The number of hydrogen-bond donors (Lipinski definition) is 1. The van der Waals surface area contributed by atoms with Crippen molar-refractivity contribution in [3.8, 4) is 10.6 Å². The predicted molar refractivity (Wildman–Crippen MR) is 119 cm³/mol. The van der Waals surface area contributed by atoms with Crippen molar-refractivity contribution < 1.29 is 0 Å². The molecule has 1 aliphatic heterocycles. The molecule has 0 atom stereocenters. The van der Waals surface area contributed by atoms with Crippen molar-refractivity contribution in [2.24, 2.45) is 5.92 Å². The van der Waals surface area contributed by atoms with Crippen molar-refractivity contribution in [1.29, 1.82) is 0 Å². The fraction of sp³-hybridized carbons (Fsp3) is 0.500. The first kappa shape index (κ1) is 20.0. The van der Waals surface area contributed by atoms with Crippen LogP contribution in [0.25, 0.3) is 10.6 Å². The molecule has 0 aliphatic carbocycles. The Balaban J connectivity index is 1.31. The van der Waals surface area contributed by atoms with Crippen molar-refractivity contribution in [3.05, 3.63) is 47.5 Å². The van der Waals surface area contributed by atoms with Gasteiger partial charge in [-0.15, -0.1) is 10.2 Å². The molecule has 0 amide bonds. The molecule has 1 fully saturated rings. The second kappa shape index (κ2) is 9.05. The Bertz CT molecular complexity index is 923. The number of imidazole rings is 1. The summed E-state index contributed by atoms with van der Waals surface area (Å²) < 4.78 is 2.27. The number of hydrogen-bond acceptors (Lipinski definition) is 6. The van der Waals surface area contributed by atoms with Crippen molar-refractivity contribution in [1.82, 2.24) is 25.1 Å². The molecule has 3 heterocycles. The zero-order valence-corrected chi connectivity index (χ0v) is 18.3. The lowest BCUT2D eigenvalue weighted by Crippen LogP contribution is -2.42. The second-order valence-corrected chi connectivity index (χ2v) is 9.43. The molecule has 7 heteroatoms. The zero-order chi connectivity index (χ0) is 20.2. The van der Waals surface area contributed by atoms with Gasteiger partial charge in [-0.3, -0.25) is 0 Å². The molecule has 4 rings (SSSR count). The molecule has 6 nitrogen and oxygen atoms in total. The van der Waals surface area contributed by atoms with E-state index < -0.39 is 0 Å². The van der Waals surface area contributed by atoms with E-state index in [0.717, 1.165) is 54.6 Å². The third-order valence-electron chi connectivity index (χ3n) is 5.41. The molecule has 0 bridgehead atoms. The summed E-state index contributed by atoms with van der Waals surface area (Å²) in [7, 11) is 0. The maximum Gasteiger partial charge on any atom is 0.147 e. The van der Waals surface area contributed by atoms with Gasteiger partial charge in [-0.1, -0.05) is 37.3 Å². The molecular formula is C22H30N6S. The summed E-state index contributed by atoms with van der Waals surface area (Å²) in [5.41, 5.74) is 3.72. The molecule has 1 N–H and O–H groups in total. The maximum absolute atomic E-state index is 4.33. The van der Waals surface area contributed by atoms with Gasteiger partial charge in [0.25, 0.3) is 0 Å². The van der Waals surface area contributed by atoms with E-state index in [1.54, 1.807) is 11.3 Å². The van der Waals surface area contributed by atoms with Crippen LogP contribution in [0.15, 0.2) is 36.8 Å². The van der Waals surface area contributed by atoms with E-state index in [2.05, 4.69) is 68.1 Å². The molecule has 0 saturated carbocycles. The number of nitrogens with zero attached hydrogens (tertiary/aromatic N) is 5. The van der Waals surface area contributed by atoms with Crippen molar-refractivity contribution in [2.75, 3.05) is 18.0 Å². The fourth-order valence-electron chi connectivity index (χ4n) is 3.89. The summed E-state index contributed by atoms with van der Waals surface area (Å²) in [6, 6.07) is 9.26. The molecule has 0 radical (unpaired) electrons. The van der Waals surface area contributed by atoms with Gasteiger partial charge in [-0.05, 0) is 37.8 Å². The molecule has 1 aliphatic rings. The van der Waals surface area contributed by atoms with Gasteiger partial charge < -0.3 is 14.8 Å². The lowest BCUT2D eigenvalue weighted by Gasteiger charge is -2.34. The van der Waals surface area contributed by atoms with E-state index in [1.807, 2.05) is 19.4 Å². The van der Waals surface area contributed by atoms with E-state index in [-0.39, 0.29) is 0 Å². The van der Waals surface area contributed by atoms with Gasteiger partial charge >= 0.3 is 0 Å². The summed E-state index contributed by atoms with van der Waals surface area (Å²) >= 11 is 1.65. The van der Waals surface area contributed by atoms with Crippen LogP contribution in [0.3, 0.4) is 0 Å². The van der Waals surface area contributed by atoms with Crippen LogP contribution < -0.4 is 10.2 Å². The highest BCUT2D eigenvalue weighted by molar-refractivity contribution is 7.14. The Kier molecular flexibility index (Phi) is 6.25. The van der Waals surface area contributed by atoms with Gasteiger partial charge in [0.1, 0.15) is 10.0 Å². The monoisotopic (exact) mass is 410 g/mol. The van der Waals surface area contributed by atoms with E-state index >= 15 is 0 Å². The SMILES string of the molecule is Cc1nnc(-c2cccc(N3CCC(NCc4cncn4CC(C)C)CC3)c2)s1. The van der Waals surface area contributed by atoms with Crippen molar-refractivity contribution in [2.45, 2.75) is 52.7 Å². The average Bonchev–Trinajstić information content (AvgIpc) is 3.35. The molecule has 1 saturated heterocycles. The van der Waals surface area contributed by atoms with Crippen LogP contribution in [0.2, 0.25) is 0 Å². The molecule has 3 aromatic rings. The number of benzene rings is 1. The lowest BCUT2D eigenvalue weighted by molar-refractivity contribution is 0.404. The quantitative estimate of drug-likeness (QED) is 0.635. The number of piperidine rings is 1. The standard InChI is InChI=1S/C22H30N6S/c1-16(2)14-28-15-23-12-21(28)13-24-19-7-9-27(10-8-19)20-6-4-5-18(11-20)22-26-25-17(3)29-22/h4-6,11-12,15-16,19,24H,7-10,13-14H2,1-3H3. The largest absolute Gasteiger partial charge is 0.371 e. The first-order chi connectivity index (χ1) is 14.1. The minimum absolute atomic E-state index is 0.558. The van der Waals surface area contributed by atoms with Gasteiger partial charge in [0.15, 0.2) is 0 Å². The summed E-state index contributed by atoms with van der Waals surface area (Å²) in [5, 5.41) is 14.2. The molecule has 0 unspecified atom stereocenters. The van der Waals surface area contributed by atoms with Gasteiger partial charge in [0, 0.05) is 49.7 Å². The molecule has 29 heavy (non-hydrogen) atoms. The minimum atomic E-state index is 0.558. The summed E-state index contributed by atoms with van der Waals surface area (Å²) in [4.78, 5) is 6.82. The Hall–Kier alpha value is -2.25. The molecular weight excluding hydrogens is 380 g/mol. The van der Waals surface area contributed by atoms with Crippen LogP contribution in [0, 0.1) is 12.8 Å². The summed E-state index contributed by atoms with van der Waals surface area (Å²) in [6.07, 6.45) is 6.25. The van der Waals surface area contributed by atoms with Crippen LogP contribution in [0.1, 0.15) is 37.4 Å². The van der Waals surface area contributed by atoms with E-state index in [9.17, 15) is 0 Å². The zero-order valence-electron chi connectivity index (χ0n) is 17.5. The van der Waals surface area contributed by atoms with E-state index in [4.69, 9.17) is 0 Å². The van der Waals surface area contributed by atoms with Crippen molar-refractivity contribution >= 4 is 17.0 Å². The Labute approximate surface area is 177 Å². The lowest BCUT2D eigenvalue weighted by atomic mass is 10.0. The third-order valence-corrected chi connectivity index (χ3v) is 6.30. The van der Waals surface area contributed by atoms with Gasteiger partial charge in [0.05, 0.1) is 12.0 Å². The van der Waals surface area contributed by atoms with E-state index in [1.165, 1.54) is 11.4 Å². The van der Waals surface area contributed by atoms with E-state index in [0.29, 0.717) is 12.0 Å². The number of rotatable bonds is 7. The van der Waals surface area contributed by atoms with Crippen LogP contribution >= 0.6 is 11.3 Å². The third kappa shape index (κ3) is 5.03. The average molecular weight is 411 g/mol. The Morgan fingerprint density at radius 2 is 2.03 bits per heavy atom. The molecule has 154 valence electrons. The van der Waals surface area contributed by atoms with Gasteiger partial charge in [0.2, 0.25) is 0 Å². The van der Waals surface area contributed by atoms with Gasteiger partial charge in [-0.2, -0.15) is 0 Å². The number of aromatic nitrogens is 4. The number of anilines is 1. The van der Waals surface area contributed by atoms with Crippen LogP contribution in [0.4, 0.5) is 5.69 Å². The van der Waals surface area contributed by atoms with Crippen LogP contribution in [0.5, 0.6) is 0 Å². The Morgan fingerprint density at radius 1 is 1.21 bits per heavy atom. The first-order valence-corrected chi connectivity index (χ1v) is 11.3. The minimum Gasteiger partial charge on any atom is -0.371 e. The predicted octanol–water partition coefficient (Wildman–Crippen LogP) is 4.12. The van der Waals surface area contributed by atoms with Crippen molar-refractivity contribution in [3.63, 3.8) is 0 Å². The highest BCUT2D eigenvalue weighted by Gasteiger charge is 2.20. The molecule has 1 aromatic carbocycles.